The van der Waals surface area contributed by atoms with Gasteiger partial charge in [-0.05, 0) is 28.7 Å². The molecule has 10 heteroatoms. The number of aromatic nitrogens is 3. The van der Waals surface area contributed by atoms with Gasteiger partial charge < -0.3 is 20.5 Å². The summed E-state index contributed by atoms with van der Waals surface area (Å²) in [6, 6.07) is 15.9. The molecule has 3 aromatic rings. The molecule has 182 valence electrons. The second-order valence-corrected chi connectivity index (χ2v) is 8.30. The Morgan fingerprint density at radius 2 is 1.74 bits per heavy atom. The van der Waals surface area contributed by atoms with E-state index >= 15 is 0 Å². The summed E-state index contributed by atoms with van der Waals surface area (Å²) >= 11 is 0. The van der Waals surface area contributed by atoms with Gasteiger partial charge in [0.05, 0.1) is 12.7 Å². The average Bonchev–Trinajstić information content (AvgIpc) is 3.45. The summed E-state index contributed by atoms with van der Waals surface area (Å²) in [4.78, 5) is 35.6. The number of carboxylic acids is 1. The number of rotatable bonds is 10. The minimum Gasteiger partial charge on any atom is -0.476 e. The molecule has 1 aliphatic carbocycles. The predicted molar refractivity (Wildman–Crippen MR) is 127 cm³/mol. The maximum Gasteiger partial charge on any atom is 0.407 e. The van der Waals surface area contributed by atoms with Gasteiger partial charge >= 0.3 is 12.1 Å². The molecule has 0 radical (unpaired) electrons. The Morgan fingerprint density at radius 3 is 2.34 bits per heavy atom. The molecule has 0 unspecified atom stereocenters. The molecular formula is C25H27N5O5. The quantitative estimate of drug-likeness (QED) is 0.409. The molecule has 1 aliphatic rings. The van der Waals surface area contributed by atoms with Gasteiger partial charge in [-0.2, -0.15) is 0 Å². The first-order valence-electron chi connectivity index (χ1n) is 11.5. The molecule has 35 heavy (non-hydrogen) atoms. The van der Waals surface area contributed by atoms with Crippen molar-refractivity contribution in [1.82, 2.24) is 25.6 Å². The lowest BCUT2D eigenvalue weighted by Crippen LogP contribution is -2.40. The van der Waals surface area contributed by atoms with E-state index in [1.165, 1.54) is 10.9 Å². The highest BCUT2D eigenvalue weighted by Crippen LogP contribution is 2.44. The SMILES string of the molecule is CC[C@@H](CC(=O)NCCn1cc(C(=O)O)nn1)NC(=O)OCC1c2ccccc2-c2ccccc21. The molecule has 0 saturated heterocycles. The highest BCUT2D eigenvalue weighted by Gasteiger charge is 2.29. The van der Waals surface area contributed by atoms with E-state index < -0.39 is 12.1 Å². The summed E-state index contributed by atoms with van der Waals surface area (Å²) < 4.78 is 6.91. The third-order valence-electron chi connectivity index (χ3n) is 6.01. The summed E-state index contributed by atoms with van der Waals surface area (Å²) in [5.41, 5.74) is 4.43. The van der Waals surface area contributed by atoms with Gasteiger partial charge in [0.15, 0.2) is 5.69 Å². The number of amides is 2. The monoisotopic (exact) mass is 477 g/mol. The Morgan fingerprint density at radius 1 is 1.09 bits per heavy atom. The highest BCUT2D eigenvalue weighted by atomic mass is 16.5. The molecule has 4 rings (SSSR count). The zero-order valence-electron chi connectivity index (χ0n) is 19.3. The van der Waals surface area contributed by atoms with Crippen LogP contribution in [0.2, 0.25) is 0 Å². The number of hydrogen-bond acceptors (Lipinski definition) is 6. The van der Waals surface area contributed by atoms with Crippen molar-refractivity contribution in [2.45, 2.75) is 38.3 Å². The molecule has 1 aromatic heterocycles. The van der Waals surface area contributed by atoms with Crippen molar-refractivity contribution in [2.75, 3.05) is 13.2 Å². The fourth-order valence-corrected chi connectivity index (χ4v) is 4.22. The van der Waals surface area contributed by atoms with Crippen molar-refractivity contribution < 1.29 is 24.2 Å². The maximum absolute atomic E-state index is 12.5. The lowest BCUT2D eigenvalue weighted by atomic mass is 9.98. The van der Waals surface area contributed by atoms with E-state index in [0.717, 1.165) is 22.3 Å². The molecule has 0 bridgehead atoms. The van der Waals surface area contributed by atoms with E-state index in [1.807, 2.05) is 31.2 Å². The highest BCUT2D eigenvalue weighted by molar-refractivity contribution is 5.84. The number of hydrogen-bond donors (Lipinski definition) is 3. The number of carbonyl (C=O) groups excluding carboxylic acids is 2. The number of benzene rings is 2. The lowest BCUT2D eigenvalue weighted by molar-refractivity contribution is -0.121. The number of fused-ring (bicyclic) bond motifs is 3. The molecule has 3 N–H and O–H groups in total. The third-order valence-corrected chi connectivity index (χ3v) is 6.01. The summed E-state index contributed by atoms with van der Waals surface area (Å²) in [7, 11) is 0. The van der Waals surface area contributed by atoms with Gasteiger partial charge in [-0.3, -0.25) is 4.79 Å². The molecule has 1 atom stereocenters. The Kier molecular flexibility index (Phi) is 7.39. The summed E-state index contributed by atoms with van der Waals surface area (Å²) in [5.74, 6) is -1.44. The number of ether oxygens (including phenoxy) is 1. The van der Waals surface area contributed by atoms with Crippen molar-refractivity contribution in [3.05, 3.63) is 71.5 Å². The van der Waals surface area contributed by atoms with Crippen LogP contribution in [0.1, 0.15) is 47.3 Å². The van der Waals surface area contributed by atoms with E-state index in [0.29, 0.717) is 6.42 Å². The molecule has 2 amide bonds. The fourth-order valence-electron chi connectivity index (χ4n) is 4.22. The minimum atomic E-state index is -1.16. The second kappa shape index (κ2) is 10.8. The van der Waals surface area contributed by atoms with Crippen LogP contribution in [0, 0.1) is 0 Å². The first-order chi connectivity index (χ1) is 17.0. The first-order valence-corrected chi connectivity index (χ1v) is 11.5. The van der Waals surface area contributed by atoms with Gasteiger partial charge in [0.25, 0.3) is 0 Å². The van der Waals surface area contributed by atoms with Crippen LogP contribution in [0.5, 0.6) is 0 Å². The predicted octanol–water partition coefficient (Wildman–Crippen LogP) is 2.80. The smallest absolute Gasteiger partial charge is 0.407 e. The number of nitrogens with zero attached hydrogens (tertiary/aromatic N) is 3. The fraction of sp³-hybridized carbons (Fsp3) is 0.320. The number of nitrogens with one attached hydrogen (secondary N) is 2. The molecular weight excluding hydrogens is 450 g/mol. The largest absolute Gasteiger partial charge is 0.476 e. The van der Waals surface area contributed by atoms with E-state index in [4.69, 9.17) is 9.84 Å². The van der Waals surface area contributed by atoms with Crippen LogP contribution in [0.15, 0.2) is 54.7 Å². The summed E-state index contributed by atoms with van der Waals surface area (Å²) in [6.07, 6.45) is 1.39. The van der Waals surface area contributed by atoms with Crippen LogP contribution in [-0.4, -0.2) is 57.3 Å². The normalized spacial score (nSPS) is 12.9. The van der Waals surface area contributed by atoms with E-state index in [2.05, 4.69) is 45.2 Å². The average molecular weight is 478 g/mol. The van der Waals surface area contributed by atoms with Crippen LogP contribution in [0.25, 0.3) is 11.1 Å². The van der Waals surface area contributed by atoms with Crippen LogP contribution in [-0.2, 0) is 16.1 Å². The molecule has 0 fully saturated rings. The molecule has 0 aliphatic heterocycles. The van der Waals surface area contributed by atoms with Crippen molar-refractivity contribution in [3.63, 3.8) is 0 Å². The van der Waals surface area contributed by atoms with Crippen LogP contribution < -0.4 is 10.6 Å². The van der Waals surface area contributed by atoms with Gasteiger partial charge in [0, 0.05) is 24.9 Å². The number of alkyl carbamates (subject to hydrolysis) is 1. The van der Waals surface area contributed by atoms with E-state index in [-0.39, 0.29) is 49.7 Å². The first kappa shape index (κ1) is 23.9. The van der Waals surface area contributed by atoms with E-state index in [1.54, 1.807) is 0 Å². The maximum atomic E-state index is 12.5. The Hall–Kier alpha value is -4.21. The van der Waals surface area contributed by atoms with Crippen molar-refractivity contribution in [2.24, 2.45) is 0 Å². The van der Waals surface area contributed by atoms with Crippen LogP contribution >= 0.6 is 0 Å². The zero-order chi connectivity index (χ0) is 24.8. The van der Waals surface area contributed by atoms with Gasteiger partial charge in [-0.15, -0.1) is 5.10 Å². The van der Waals surface area contributed by atoms with Crippen LogP contribution in [0.4, 0.5) is 4.79 Å². The third kappa shape index (κ3) is 5.65. The van der Waals surface area contributed by atoms with Crippen molar-refractivity contribution in [3.8, 4) is 11.1 Å². The minimum absolute atomic E-state index is 0.0325. The Balaban J connectivity index is 1.24. The van der Waals surface area contributed by atoms with E-state index in [9.17, 15) is 14.4 Å². The molecule has 1 heterocycles. The topological polar surface area (TPSA) is 135 Å². The number of carbonyl (C=O) groups is 3. The molecule has 2 aromatic carbocycles. The number of carboxylic acid groups (broad SMARTS) is 1. The Bertz CT molecular complexity index is 1180. The molecule has 10 nitrogen and oxygen atoms in total. The summed E-state index contributed by atoms with van der Waals surface area (Å²) in [5, 5.41) is 21.6. The Labute approximate surface area is 202 Å². The number of aromatic carboxylic acids is 1. The standard InChI is InChI=1S/C25H27N5O5/c1-2-16(13-23(31)26-11-12-30-14-22(24(32)33)28-29-30)27-25(34)35-15-21-19-9-5-3-7-17(19)18-8-4-6-10-20(18)21/h3-10,14,16,21H,2,11-13,15H2,1H3,(H,26,31)(H,27,34)(H,32,33)/t16-/m0/s1. The van der Waals surface area contributed by atoms with Gasteiger partial charge in [0.1, 0.15) is 6.61 Å². The lowest BCUT2D eigenvalue weighted by Gasteiger charge is -2.18. The molecule has 0 saturated carbocycles. The van der Waals surface area contributed by atoms with Gasteiger partial charge in [-0.25, -0.2) is 14.3 Å². The van der Waals surface area contributed by atoms with Crippen molar-refractivity contribution in [1.29, 1.82) is 0 Å². The van der Waals surface area contributed by atoms with Crippen molar-refractivity contribution >= 4 is 18.0 Å². The van der Waals surface area contributed by atoms with Gasteiger partial charge in [-0.1, -0.05) is 60.7 Å². The summed E-state index contributed by atoms with van der Waals surface area (Å²) in [6.45, 7) is 2.62. The second-order valence-electron chi connectivity index (χ2n) is 8.30. The zero-order valence-corrected chi connectivity index (χ0v) is 19.3. The van der Waals surface area contributed by atoms with Gasteiger partial charge in [0.2, 0.25) is 5.91 Å². The molecule has 0 spiro atoms. The van der Waals surface area contributed by atoms with Crippen LogP contribution in [0.3, 0.4) is 0 Å².